The molecule has 0 aliphatic carbocycles. The Bertz CT molecular complexity index is 1290. The van der Waals surface area contributed by atoms with Crippen LogP contribution in [0.5, 0.6) is 0 Å². The Labute approximate surface area is 230 Å². The van der Waals surface area contributed by atoms with E-state index in [1.54, 1.807) is 11.7 Å². The van der Waals surface area contributed by atoms with E-state index in [0.717, 1.165) is 34.6 Å². The summed E-state index contributed by atoms with van der Waals surface area (Å²) in [6, 6.07) is 4.86. The summed E-state index contributed by atoms with van der Waals surface area (Å²) in [6.07, 6.45) is 13.2. The maximum absolute atomic E-state index is 4.99. The second kappa shape index (κ2) is 11.5. The molecule has 5 rings (SSSR count). The van der Waals surface area contributed by atoms with Gasteiger partial charge in [0.25, 0.3) is 17.2 Å². The molecular weight excluding hydrogens is 554 g/mol. The van der Waals surface area contributed by atoms with E-state index in [-0.39, 0.29) is 0 Å². The third kappa shape index (κ3) is 5.29. The van der Waals surface area contributed by atoms with E-state index in [0.29, 0.717) is 5.92 Å². The van der Waals surface area contributed by atoms with Crippen LogP contribution in [0, 0.1) is 11.8 Å². The third-order valence-corrected chi connectivity index (χ3v) is 11.1. The molecule has 1 aliphatic rings. The first kappa shape index (κ1) is 25.5. The first-order valence-electron chi connectivity index (χ1n) is 13.2. The first-order chi connectivity index (χ1) is 17.1. The first-order valence-corrected chi connectivity index (χ1v) is 16.4. The van der Waals surface area contributed by atoms with E-state index in [1.165, 1.54) is 82.6 Å². The lowest BCUT2D eigenvalue weighted by atomic mass is 9.90. The summed E-state index contributed by atoms with van der Waals surface area (Å²) in [5, 5.41) is 2.31. The highest BCUT2D eigenvalue weighted by Gasteiger charge is 2.29. The topological polar surface area (TPSA) is 29.7 Å². The molecule has 0 aromatic carbocycles. The predicted octanol–water partition coefficient (Wildman–Crippen LogP) is 9.32. The lowest BCUT2D eigenvalue weighted by Gasteiger charge is -2.17. The van der Waals surface area contributed by atoms with E-state index >= 15 is 0 Å². The Kier molecular flexibility index (Phi) is 8.37. The normalized spacial score (nSPS) is 16.3. The largest absolute Gasteiger partial charge is 0.278 e. The molecule has 0 N–H and O–H groups in total. The molecule has 2 unspecified atom stereocenters. The number of hydrogen-bond donors (Lipinski definition) is 0. The Morgan fingerprint density at radius 1 is 1.17 bits per heavy atom. The van der Waals surface area contributed by atoms with Gasteiger partial charge in [0.1, 0.15) is 12.2 Å². The molecule has 0 saturated carbocycles. The summed E-state index contributed by atoms with van der Waals surface area (Å²) in [5.74, 6) is 1.35. The minimum atomic E-state index is 0.608. The number of aromatic nitrogens is 3. The standard InChI is InChI=1S/C28H35BrN3S3/c1-4-7-9-18(6-3)13-21-15-23-25-26-24(22(29)16-30-25)31-35-32(26)17-19(10-8-5-2)14-20-11-12-33-27(20)28(21)34-23/h11-12,15-16,18-19H,4-10,13-14,17H2,1-3H3/q+1. The molecule has 2 bridgehead atoms. The van der Waals surface area contributed by atoms with E-state index < -0.39 is 0 Å². The van der Waals surface area contributed by atoms with Gasteiger partial charge in [0.15, 0.2) is 0 Å². The van der Waals surface area contributed by atoms with Crippen molar-refractivity contribution in [2.45, 2.75) is 85.1 Å². The van der Waals surface area contributed by atoms with Crippen LogP contribution >= 0.6 is 50.3 Å². The molecule has 3 nitrogen and oxygen atoms in total. The van der Waals surface area contributed by atoms with Crippen molar-refractivity contribution in [3.8, 4) is 20.3 Å². The molecule has 35 heavy (non-hydrogen) atoms. The van der Waals surface area contributed by atoms with Gasteiger partial charge in [0, 0.05) is 26.2 Å². The number of nitrogens with zero attached hydrogens (tertiary/aromatic N) is 3. The number of pyridine rings is 1. The van der Waals surface area contributed by atoms with Gasteiger partial charge in [0.2, 0.25) is 5.52 Å². The molecule has 0 radical (unpaired) electrons. The van der Waals surface area contributed by atoms with Crippen molar-refractivity contribution in [3.05, 3.63) is 39.3 Å². The minimum Gasteiger partial charge on any atom is -0.249 e. The summed E-state index contributed by atoms with van der Waals surface area (Å²) < 4.78 is 8.29. The smallest absolute Gasteiger partial charge is 0.249 e. The number of halogens is 1. The highest BCUT2D eigenvalue weighted by Crippen LogP contribution is 2.45. The molecule has 4 aromatic rings. The van der Waals surface area contributed by atoms with Crippen molar-refractivity contribution < 1.29 is 3.96 Å². The van der Waals surface area contributed by atoms with E-state index in [9.17, 15) is 0 Å². The van der Waals surface area contributed by atoms with Crippen molar-refractivity contribution in [2.75, 3.05) is 0 Å². The molecule has 5 heterocycles. The highest BCUT2D eigenvalue weighted by atomic mass is 79.9. The van der Waals surface area contributed by atoms with Crippen LogP contribution in [0.1, 0.15) is 76.8 Å². The molecule has 0 saturated heterocycles. The minimum absolute atomic E-state index is 0.608. The number of thiophene rings is 2. The number of fused-ring (bicyclic) bond motifs is 5. The number of rotatable bonds is 9. The zero-order chi connectivity index (χ0) is 24.4. The SMILES string of the molecule is CCCCC(CC)Cc1cc2sc1-c1sccc1CC(CCCC)C[n+]1snc3c(Br)cnc-2c31. The van der Waals surface area contributed by atoms with E-state index in [1.807, 2.05) is 28.9 Å². The van der Waals surface area contributed by atoms with Crippen molar-refractivity contribution in [2.24, 2.45) is 11.8 Å². The summed E-state index contributed by atoms with van der Waals surface area (Å²) in [4.78, 5) is 9.28. The van der Waals surface area contributed by atoms with Crippen LogP contribution in [-0.2, 0) is 19.4 Å². The Morgan fingerprint density at radius 3 is 2.83 bits per heavy atom. The second-order valence-corrected chi connectivity index (χ2v) is 13.6. The molecule has 7 heteroatoms. The average Bonchev–Trinajstić information content (AvgIpc) is 3.59. The number of hydrogen-bond acceptors (Lipinski definition) is 5. The zero-order valence-corrected chi connectivity index (χ0v) is 25.0. The monoisotopic (exact) mass is 588 g/mol. The Morgan fingerprint density at radius 2 is 2.03 bits per heavy atom. The Hall–Kier alpha value is -1.15. The maximum Gasteiger partial charge on any atom is 0.278 e. The van der Waals surface area contributed by atoms with E-state index in [2.05, 4.69) is 58.2 Å². The molecule has 1 aliphatic heterocycles. The summed E-state index contributed by atoms with van der Waals surface area (Å²) in [7, 11) is 0. The van der Waals surface area contributed by atoms with Gasteiger partial charge in [-0.3, -0.25) is 0 Å². The van der Waals surface area contributed by atoms with Crippen LogP contribution in [-0.4, -0.2) is 9.36 Å². The van der Waals surface area contributed by atoms with Gasteiger partial charge in [-0.05, 0) is 69.8 Å². The molecule has 2 atom stereocenters. The van der Waals surface area contributed by atoms with Crippen molar-refractivity contribution >= 4 is 61.4 Å². The van der Waals surface area contributed by atoms with Gasteiger partial charge in [-0.2, -0.15) is 3.96 Å². The van der Waals surface area contributed by atoms with Gasteiger partial charge in [0.05, 0.1) is 9.35 Å². The molecule has 4 aromatic heterocycles. The molecule has 0 fully saturated rings. The summed E-state index contributed by atoms with van der Waals surface area (Å²) in [5.41, 5.74) is 6.41. The van der Waals surface area contributed by atoms with Crippen LogP contribution in [0.3, 0.4) is 0 Å². The van der Waals surface area contributed by atoms with Crippen LogP contribution in [0.25, 0.3) is 31.4 Å². The van der Waals surface area contributed by atoms with Crippen molar-refractivity contribution in [3.63, 3.8) is 0 Å². The molecule has 0 spiro atoms. The highest BCUT2D eigenvalue weighted by molar-refractivity contribution is 9.10. The van der Waals surface area contributed by atoms with Gasteiger partial charge >= 0.3 is 0 Å². The number of unbranched alkanes of at least 4 members (excludes halogenated alkanes) is 2. The van der Waals surface area contributed by atoms with Crippen molar-refractivity contribution in [1.29, 1.82) is 0 Å². The lowest BCUT2D eigenvalue weighted by molar-refractivity contribution is -0.611. The van der Waals surface area contributed by atoms with Gasteiger partial charge < -0.3 is 0 Å². The van der Waals surface area contributed by atoms with Crippen LogP contribution in [0.15, 0.2) is 28.2 Å². The molecule has 186 valence electrons. The van der Waals surface area contributed by atoms with Gasteiger partial charge in [-0.1, -0.05) is 59.3 Å². The van der Waals surface area contributed by atoms with E-state index in [4.69, 9.17) is 9.36 Å². The molecular formula is C28H35BrN3S3+. The van der Waals surface area contributed by atoms with Gasteiger partial charge in [-0.15, -0.1) is 22.7 Å². The fourth-order valence-corrected chi connectivity index (χ4v) is 9.10. The summed E-state index contributed by atoms with van der Waals surface area (Å²) in [6.45, 7) is 7.99. The fraction of sp³-hybridized carbons (Fsp3) is 0.536. The zero-order valence-electron chi connectivity index (χ0n) is 21.0. The second-order valence-electron chi connectivity index (χ2n) is 9.96. The van der Waals surface area contributed by atoms with Gasteiger partial charge in [-0.25, -0.2) is 4.98 Å². The van der Waals surface area contributed by atoms with Crippen LogP contribution in [0.2, 0.25) is 0 Å². The van der Waals surface area contributed by atoms with Crippen LogP contribution < -0.4 is 3.96 Å². The maximum atomic E-state index is 4.99. The van der Waals surface area contributed by atoms with Crippen molar-refractivity contribution in [1.82, 2.24) is 9.36 Å². The predicted molar refractivity (Wildman–Crippen MR) is 156 cm³/mol. The van der Waals surface area contributed by atoms with Crippen LogP contribution in [0.4, 0.5) is 0 Å². The lowest BCUT2D eigenvalue weighted by Crippen LogP contribution is -2.35. The quantitative estimate of drug-likeness (QED) is 0.182. The third-order valence-electron chi connectivity index (χ3n) is 7.41. The Balaban J connectivity index is 1.68. The average molecular weight is 590 g/mol. The summed E-state index contributed by atoms with van der Waals surface area (Å²) >= 11 is 9.23. The fourth-order valence-electron chi connectivity index (χ4n) is 5.36. The molecule has 0 amide bonds.